The highest BCUT2D eigenvalue weighted by Gasteiger charge is 2.13. The number of nitrogens with one attached hydrogen (secondary N) is 1. The predicted octanol–water partition coefficient (Wildman–Crippen LogP) is 0.470. The van der Waals surface area contributed by atoms with E-state index in [9.17, 15) is 8.42 Å². The lowest BCUT2D eigenvalue weighted by molar-refractivity contribution is 0.583. The highest BCUT2D eigenvalue weighted by atomic mass is 35.5. The average Bonchev–Trinajstić information content (AvgIpc) is 2.26. The molecule has 0 aliphatic rings. The summed E-state index contributed by atoms with van der Waals surface area (Å²) in [6.45, 7) is 0.157. The Kier molecular flexibility index (Phi) is 4.03. The summed E-state index contributed by atoms with van der Waals surface area (Å²) in [5, 5.41) is 8.48. The largest absolute Gasteiger partial charge is 0.244 e. The summed E-state index contributed by atoms with van der Waals surface area (Å²) < 4.78 is 25.3. The Hall–Kier alpha value is -1.16. The first-order chi connectivity index (χ1) is 7.10. The molecule has 1 aromatic rings. The fraction of sp³-hybridized carbons (Fsp3) is 0.250. The van der Waals surface area contributed by atoms with Crippen LogP contribution in [0.3, 0.4) is 0 Å². The molecule has 7 heteroatoms. The van der Waals surface area contributed by atoms with Gasteiger partial charge >= 0.3 is 0 Å². The molecule has 1 aromatic heterocycles. The van der Waals surface area contributed by atoms with Gasteiger partial charge in [-0.05, 0) is 12.1 Å². The van der Waals surface area contributed by atoms with E-state index < -0.39 is 10.0 Å². The molecule has 80 valence electrons. The van der Waals surface area contributed by atoms with Gasteiger partial charge in [0.2, 0.25) is 10.0 Å². The maximum absolute atomic E-state index is 11.5. The third kappa shape index (κ3) is 3.16. The van der Waals surface area contributed by atoms with E-state index >= 15 is 0 Å². The molecule has 0 atom stereocenters. The molecular formula is C8H8ClN3O2S. The van der Waals surface area contributed by atoms with E-state index in [1.165, 1.54) is 12.1 Å². The van der Waals surface area contributed by atoms with Crippen molar-refractivity contribution in [3.63, 3.8) is 0 Å². The van der Waals surface area contributed by atoms with Crippen molar-refractivity contribution in [2.45, 2.75) is 4.90 Å². The number of alkyl halides is 1. The Morgan fingerprint density at radius 3 is 2.73 bits per heavy atom. The van der Waals surface area contributed by atoms with Crippen molar-refractivity contribution in [3.05, 3.63) is 24.0 Å². The zero-order chi connectivity index (χ0) is 11.3. The molecule has 0 spiro atoms. The third-order valence-corrected chi connectivity index (χ3v) is 3.18. The molecule has 1 heterocycles. The van der Waals surface area contributed by atoms with Gasteiger partial charge in [0.05, 0.1) is 0 Å². The molecule has 0 aliphatic carbocycles. The molecule has 1 N–H and O–H groups in total. The Labute approximate surface area is 92.8 Å². The van der Waals surface area contributed by atoms with Crippen molar-refractivity contribution in [2.75, 3.05) is 12.4 Å². The molecule has 1 rings (SSSR count). The van der Waals surface area contributed by atoms with E-state index in [2.05, 4.69) is 9.71 Å². The van der Waals surface area contributed by atoms with Crippen LogP contribution in [-0.4, -0.2) is 25.8 Å². The molecule has 0 saturated heterocycles. The van der Waals surface area contributed by atoms with Crippen molar-refractivity contribution < 1.29 is 8.42 Å². The number of halogens is 1. The van der Waals surface area contributed by atoms with Gasteiger partial charge in [-0.15, -0.1) is 11.6 Å². The number of aromatic nitrogens is 1. The smallest absolute Gasteiger partial charge is 0.242 e. The third-order valence-electron chi connectivity index (χ3n) is 1.55. The molecule has 0 amide bonds. The molecule has 0 fully saturated rings. The molecule has 0 aromatic carbocycles. The molecule has 0 radical (unpaired) electrons. The number of sulfonamides is 1. The number of nitrogens with zero attached hydrogens (tertiary/aromatic N) is 2. The molecule has 0 aliphatic heterocycles. The average molecular weight is 246 g/mol. The number of hydrogen-bond acceptors (Lipinski definition) is 4. The van der Waals surface area contributed by atoms with E-state index in [4.69, 9.17) is 16.9 Å². The Morgan fingerprint density at radius 1 is 1.53 bits per heavy atom. The van der Waals surface area contributed by atoms with Crippen molar-refractivity contribution >= 4 is 21.6 Å². The lowest BCUT2D eigenvalue weighted by Crippen LogP contribution is -2.25. The van der Waals surface area contributed by atoms with Crippen LogP contribution in [-0.2, 0) is 10.0 Å². The van der Waals surface area contributed by atoms with E-state index in [0.29, 0.717) is 0 Å². The monoisotopic (exact) mass is 245 g/mol. The SMILES string of the molecule is N#Cc1ccc(S(=O)(=O)NCCCl)cn1. The number of rotatable bonds is 4. The summed E-state index contributed by atoms with van der Waals surface area (Å²) >= 11 is 5.36. The Bertz CT molecular complexity index is 464. The van der Waals surface area contributed by atoms with Crippen LogP contribution in [0.25, 0.3) is 0 Å². The van der Waals surface area contributed by atoms with Crippen molar-refractivity contribution in [1.82, 2.24) is 9.71 Å². The van der Waals surface area contributed by atoms with Crippen molar-refractivity contribution in [3.8, 4) is 6.07 Å². The number of hydrogen-bond donors (Lipinski definition) is 1. The number of nitriles is 1. The van der Waals surface area contributed by atoms with Gasteiger partial charge in [0.15, 0.2) is 0 Å². The van der Waals surface area contributed by atoms with Crippen LogP contribution in [0.15, 0.2) is 23.2 Å². The van der Waals surface area contributed by atoms with E-state index in [0.717, 1.165) is 6.20 Å². The van der Waals surface area contributed by atoms with Gasteiger partial charge in [0.1, 0.15) is 16.7 Å². The second kappa shape index (κ2) is 5.07. The zero-order valence-corrected chi connectivity index (χ0v) is 9.22. The van der Waals surface area contributed by atoms with Crippen LogP contribution in [0.1, 0.15) is 5.69 Å². The quantitative estimate of drug-likeness (QED) is 0.782. The minimum absolute atomic E-state index is 0.0200. The van der Waals surface area contributed by atoms with Gasteiger partial charge in [0, 0.05) is 18.6 Å². The maximum atomic E-state index is 11.5. The Balaban J connectivity index is 2.92. The van der Waals surface area contributed by atoms with Gasteiger partial charge < -0.3 is 0 Å². The first-order valence-corrected chi connectivity index (χ1v) is 6.03. The zero-order valence-electron chi connectivity index (χ0n) is 7.64. The first-order valence-electron chi connectivity index (χ1n) is 4.02. The lowest BCUT2D eigenvalue weighted by Gasteiger charge is -2.03. The second-order valence-electron chi connectivity index (χ2n) is 2.58. The van der Waals surface area contributed by atoms with Gasteiger partial charge in [-0.1, -0.05) is 0 Å². The topological polar surface area (TPSA) is 82.8 Å². The molecule has 0 saturated carbocycles. The van der Waals surface area contributed by atoms with Crippen molar-refractivity contribution in [2.24, 2.45) is 0 Å². The molecule has 0 bridgehead atoms. The predicted molar refractivity (Wildman–Crippen MR) is 54.9 cm³/mol. The Morgan fingerprint density at radius 2 is 2.27 bits per heavy atom. The second-order valence-corrected chi connectivity index (χ2v) is 4.72. The normalized spacial score (nSPS) is 10.9. The van der Waals surface area contributed by atoms with E-state index in [1.54, 1.807) is 6.07 Å². The molecule has 5 nitrogen and oxygen atoms in total. The fourth-order valence-electron chi connectivity index (χ4n) is 0.862. The summed E-state index contributed by atoms with van der Waals surface area (Å²) in [5.41, 5.74) is 0.172. The molecule has 15 heavy (non-hydrogen) atoms. The fourth-order valence-corrected chi connectivity index (χ4v) is 2.04. The first kappa shape index (κ1) is 11.9. The van der Waals surface area contributed by atoms with Crippen LogP contribution < -0.4 is 4.72 Å². The lowest BCUT2D eigenvalue weighted by atomic mass is 10.4. The summed E-state index contributed by atoms with van der Waals surface area (Å²) in [6, 6.07) is 4.47. The minimum Gasteiger partial charge on any atom is -0.244 e. The molecule has 0 unspecified atom stereocenters. The molecular weight excluding hydrogens is 238 g/mol. The minimum atomic E-state index is -3.55. The standard InChI is InChI=1S/C8H8ClN3O2S/c9-3-4-12-15(13,14)8-2-1-7(5-10)11-6-8/h1-2,6,12H,3-4H2. The summed E-state index contributed by atoms with van der Waals surface area (Å²) in [7, 11) is -3.55. The van der Waals surface area contributed by atoms with Crippen LogP contribution in [0, 0.1) is 11.3 Å². The van der Waals surface area contributed by atoms with Gasteiger partial charge in [-0.3, -0.25) is 0 Å². The summed E-state index contributed by atoms with van der Waals surface area (Å²) in [6.07, 6.45) is 1.13. The van der Waals surface area contributed by atoms with Crippen LogP contribution in [0.4, 0.5) is 0 Å². The van der Waals surface area contributed by atoms with Gasteiger partial charge in [0.25, 0.3) is 0 Å². The summed E-state index contributed by atoms with van der Waals surface area (Å²) in [4.78, 5) is 3.68. The van der Waals surface area contributed by atoms with Crippen LogP contribution in [0.2, 0.25) is 0 Å². The number of pyridine rings is 1. The van der Waals surface area contributed by atoms with Gasteiger partial charge in [-0.25, -0.2) is 18.1 Å². The van der Waals surface area contributed by atoms with Crippen LogP contribution >= 0.6 is 11.6 Å². The highest BCUT2D eigenvalue weighted by Crippen LogP contribution is 2.06. The van der Waals surface area contributed by atoms with Crippen molar-refractivity contribution in [1.29, 1.82) is 5.26 Å². The van der Waals surface area contributed by atoms with E-state index in [-0.39, 0.29) is 23.0 Å². The van der Waals surface area contributed by atoms with Crippen LogP contribution in [0.5, 0.6) is 0 Å². The van der Waals surface area contributed by atoms with Gasteiger partial charge in [-0.2, -0.15) is 5.26 Å². The summed E-state index contributed by atoms with van der Waals surface area (Å²) in [5.74, 6) is 0.197. The highest BCUT2D eigenvalue weighted by molar-refractivity contribution is 7.89. The maximum Gasteiger partial charge on any atom is 0.242 e. The van der Waals surface area contributed by atoms with E-state index in [1.807, 2.05) is 0 Å².